The van der Waals surface area contributed by atoms with E-state index in [2.05, 4.69) is 4.98 Å². The van der Waals surface area contributed by atoms with Gasteiger partial charge in [0.25, 0.3) is 0 Å². The monoisotopic (exact) mass is 347 g/mol. The maximum atomic E-state index is 12.8. The van der Waals surface area contributed by atoms with Gasteiger partial charge in [-0.1, -0.05) is 35.9 Å². The maximum absolute atomic E-state index is 12.8. The summed E-state index contributed by atoms with van der Waals surface area (Å²) in [6.45, 7) is 0.0726. The van der Waals surface area contributed by atoms with E-state index in [0.717, 1.165) is 5.56 Å². The largest absolute Gasteiger partial charge is 0.456 e. The molecule has 0 atom stereocenters. The molecule has 0 saturated carbocycles. The highest BCUT2D eigenvalue weighted by molar-refractivity contribution is 7.13. The molecule has 1 heterocycles. The van der Waals surface area contributed by atoms with E-state index in [1.54, 1.807) is 29.6 Å². The third kappa shape index (κ3) is 3.94. The second kappa shape index (κ2) is 6.89. The Morgan fingerprint density at radius 1 is 1.22 bits per heavy atom. The molecule has 1 aromatic heterocycles. The van der Waals surface area contributed by atoms with Crippen molar-refractivity contribution in [2.45, 2.75) is 6.61 Å². The number of carbonyl (C=O) groups excluding carboxylic acids is 1. The molecule has 0 bridgehead atoms. The SMILES string of the molecule is O=C(OCc1ccc(F)cc1)c1csc(-c2cccc(Cl)c2)n1. The molecule has 0 aliphatic carbocycles. The first-order valence-corrected chi connectivity index (χ1v) is 8.00. The third-order valence-electron chi connectivity index (χ3n) is 3.07. The van der Waals surface area contributed by atoms with Crippen molar-refractivity contribution < 1.29 is 13.9 Å². The van der Waals surface area contributed by atoms with Crippen LogP contribution in [0, 0.1) is 5.82 Å². The van der Waals surface area contributed by atoms with Crippen LogP contribution in [0.3, 0.4) is 0 Å². The lowest BCUT2D eigenvalue weighted by molar-refractivity contribution is 0.0467. The molecule has 116 valence electrons. The Balaban J connectivity index is 1.67. The summed E-state index contributed by atoms with van der Waals surface area (Å²) in [5, 5.41) is 2.95. The summed E-state index contributed by atoms with van der Waals surface area (Å²) in [7, 11) is 0. The molecule has 23 heavy (non-hydrogen) atoms. The van der Waals surface area contributed by atoms with Gasteiger partial charge in [-0.15, -0.1) is 11.3 Å². The number of aromatic nitrogens is 1. The summed E-state index contributed by atoms with van der Waals surface area (Å²) in [5.41, 5.74) is 1.80. The molecule has 0 aliphatic heterocycles. The average Bonchev–Trinajstić information content (AvgIpc) is 3.04. The molecule has 6 heteroatoms. The van der Waals surface area contributed by atoms with Crippen LogP contribution in [-0.2, 0) is 11.3 Å². The van der Waals surface area contributed by atoms with Gasteiger partial charge in [0.2, 0.25) is 0 Å². The maximum Gasteiger partial charge on any atom is 0.358 e. The van der Waals surface area contributed by atoms with E-state index in [0.29, 0.717) is 15.6 Å². The van der Waals surface area contributed by atoms with Gasteiger partial charge < -0.3 is 4.74 Å². The van der Waals surface area contributed by atoms with Crippen LogP contribution in [0.4, 0.5) is 4.39 Å². The molecule has 3 nitrogen and oxygen atoms in total. The minimum absolute atomic E-state index is 0.0726. The van der Waals surface area contributed by atoms with Gasteiger partial charge in [-0.2, -0.15) is 0 Å². The molecule has 0 radical (unpaired) electrons. The summed E-state index contributed by atoms with van der Waals surface area (Å²) < 4.78 is 18.0. The van der Waals surface area contributed by atoms with Crippen LogP contribution in [0.5, 0.6) is 0 Å². The van der Waals surface area contributed by atoms with Gasteiger partial charge in [0.05, 0.1) is 0 Å². The van der Waals surface area contributed by atoms with Crippen molar-refractivity contribution in [1.29, 1.82) is 0 Å². The van der Waals surface area contributed by atoms with Crippen LogP contribution in [0.25, 0.3) is 10.6 Å². The fourth-order valence-corrected chi connectivity index (χ4v) is 2.90. The molecule has 0 aliphatic rings. The molecule has 2 aromatic carbocycles. The van der Waals surface area contributed by atoms with Gasteiger partial charge in [0.15, 0.2) is 5.69 Å². The lowest BCUT2D eigenvalue weighted by atomic mass is 10.2. The number of nitrogens with zero attached hydrogens (tertiary/aromatic N) is 1. The zero-order chi connectivity index (χ0) is 16.2. The van der Waals surface area contributed by atoms with E-state index in [1.807, 2.05) is 12.1 Å². The highest BCUT2D eigenvalue weighted by Crippen LogP contribution is 2.26. The van der Waals surface area contributed by atoms with E-state index < -0.39 is 5.97 Å². The molecule has 0 saturated heterocycles. The topological polar surface area (TPSA) is 39.2 Å². The first-order valence-electron chi connectivity index (χ1n) is 6.75. The first kappa shape index (κ1) is 15.6. The fourth-order valence-electron chi connectivity index (χ4n) is 1.93. The van der Waals surface area contributed by atoms with E-state index in [4.69, 9.17) is 16.3 Å². The number of rotatable bonds is 4. The van der Waals surface area contributed by atoms with Crippen molar-refractivity contribution in [3.8, 4) is 10.6 Å². The molecule has 0 N–H and O–H groups in total. The quantitative estimate of drug-likeness (QED) is 0.626. The zero-order valence-corrected chi connectivity index (χ0v) is 13.4. The lowest BCUT2D eigenvalue weighted by Crippen LogP contribution is -2.05. The number of thiazole rings is 1. The van der Waals surface area contributed by atoms with Crippen LogP contribution in [-0.4, -0.2) is 11.0 Å². The molecule has 3 rings (SSSR count). The van der Waals surface area contributed by atoms with Gasteiger partial charge in [-0.3, -0.25) is 0 Å². The molecular weight excluding hydrogens is 337 g/mol. The predicted molar refractivity (Wildman–Crippen MR) is 88.1 cm³/mol. The number of benzene rings is 2. The van der Waals surface area contributed by atoms with Gasteiger partial charge in [0.1, 0.15) is 17.4 Å². The van der Waals surface area contributed by atoms with Gasteiger partial charge in [-0.05, 0) is 29.8 Å². The number of hydrogen-bond donors (Lipinski definition) is 0. The van der Waals surface area contributed by atoms with Gasteiger partial charge >= 0.3 is 5.97 Å². The Morgan fingerprint density at radius 3 is 2.74 bits per heavy atom. The molecule has 0 fully saturated rings. The van der Waals surface area contributed by atoms with Crippen molar-refractivity contribution in [2.75, 3.05) is 0 Å². The van der Waals surface area contributed by atoms with Crippen LogP contribution in [0.1, 0.15) is 16.1 Å². The molecule has 0 amide bonds. The number of carbonyl (C=O) groups is 1. The van der Waals surface area contributed by atoms with Crippen molar-refractivity contribution >= 4 is 28.9 Å². The third-order valence-corrected chi connectivity index (χ3v) is 4.19. The summed E-state index contributed by atoms with van der Waals surface area (Å²) in [5.74, 6) is -0.843. The van der Waals surface area contributed by atoms with Gasteiger partial charge in [-0.25, -0.2) is 14.2 Å². The summed E-state index contributed by atoms with van der Waals surface area (Å²) >= 11 is 7.29. The van der Waals surface area contributed by atoms with Crippen LogP contribution < -0.4 is 0 Å². The molecule has 3 aromatic rings. The van der Waals surface area contributed by atoms with E-state index in [9.17, 15) is 9.18 Å². The summed E-state index contributed by atoms with van der Waals surface area (Å²) in [6.07, 6.45) is 0. The second-order valence-electron chi connectivity index (χ2n) is 4.75. The Morgan fingerprint density at radius 2 is 2.00 bits per heavy atom. The number of hydrogen-bond acceptors (Lipinski definition) is 4. The van der Waals surface area contributed by atoms with Crippen molar-refractivity contribution in [1.82, 2.24) is 4.98 Å². The molecule has 0 unspecified atom stereocenters. The van der Waals surface area contributed by atoms with E-state index in [1.165, 1.54) is 23.5 Å². The summed E-state index contributed by atoms with van der Waals surface area (Å²) in [6, 6.07) is 13.0. The standard InChI is InChI=1S/C17H11ClFNO2S/c18-13-3-1-2-12(8-13)16-20-15(10-23-16)17(21)22-9-11-4-6-14(19)7-5-11/h1-8,10H,9H2. The van der Waals surface area contributed by atoms with Crippen molar-refractivity contribution in [3.63, 3.8) is 0 Å². The predicted octanol–water partition coefficient (Wildman–Crippen LogP) is 4.96. The smallest absolute Gasteiger partial charge is 0.358 e. The average molecular weight is 348 g/mol. The second-order valence-corrected chi connectivity index (χ2v) is 6.05. The zero-order valence-electron chi connectivity index (χ0n) is 11.8. The first-order chi connectivity index (χ1) is 11.1. The minimum atomic E-state index is -0.515. The normalized spacial score (nSPS) is 10.5. The Bertz CT molecular complexity index is 833. The van der Waals surface area contributed by atoms with E-state index in [-0.39, 0.29) is 18.1 Å². The minimum Gasteiger partial charge on any atom is -0.456 e. The highest BCUT2D eigenvalue weighted by Gasteiger charge is 2.13. The van der Waals surface area contributed by atoms with Crippen LogP contribution in [0.2, 0.25) is 5.02 Å². The Kier molecular flexibility index (Phi) is 4.69. The molecular formula is C17H11ClFNO2S. The van der Waals surface area contributed by atoms with Crippen LogP contribution in [0.15, 0.2) is 53.9 Å². The van der Waals surface area contributed by atoms with Crippen LogP contribution >= 0.6 is 22.9 Å². The number of ether oxygens (including phenoxy) is 1. The van der Waals surface area contributed by atoms with E-state index >= 15 is 0 Å². The summed E-state index contributed by atoms with van der Waals surface area (Å²) in [4.78, 5) is 16.3. The Labute approximate surface area is 141 Å². The fraction of sp³-hybridized carbons (Fsp3) is 0.0588. The molecule has 0 spiro atoms. The number of halogens is 2. The van der Waals surface area contributed by atoms with Crippen molar-refractivity contribution in [2.24, 2.45) is 0 Å². The van der Waals surface area contributed by atoms with Gasteiger partial charge in [0, 0.05) is 16.0 Å². The Hall–Kier alpha value is -2.24. The lowest BCUT2D eigenvalue weighted by Gasteiger charge is -2.03. The highest BCUT2D eigenvalue weighted by atomic mass is 35.5. The van der Waals surface area contributed by atoms with Crippen molar-refractivity contribution in [3.05, 3.63) is 76.0 Å². The number of esters is 1.